The summed E-state index contributed by atoms with van der Waals surface area (Å²) in [6.45, 7) is 3.78. The van der Waals surface area contributed by atoms with Crippen molar-refractivity contribution in [2.45, 2.75) is 19.8 Å². The number of carbonyl (C=O) groups excluding carboxylic acids is 1. The number of halogens is 1. The first kappa shape index (κ1) is 17.1. The van der Waals surface area contributed by atoms with Gasteiger partial charge in [0.15, 0.2) is 5.69 Å². The zero-order chi connectivity index (χ0) is 18.8. The molecule has 0 bridgehead atoms. The number of pyridine rings is 1. The van der Waals surface area contributed by atoms with Crippen LogP contribution in [-0.4, -0.2) is 39.0 Å². The van der Waals surface area contributed by atoms with Crippen molar-refractivity contribution in [2.75, 3.05) is 23.3 Å². The van der Waals surface area contributed by atoms with Gasteiger partial charge in [-0.05, 0) is 56.2 Å². The molecule has 138 valence electrons. The van der Waals surface area contributed by atoms with Gasteiger partial charge in [-0.15, -0.1) is 5.10 Å². The van der Waals surface area contributed by atoms with Crippen LogP contribution in [0.5, 0.6) is 0 Å². The van der Waals surface area contributed by atoms with Crippen LogP contribution in [0.15, 0.2) is 42.6 Å². The summed E-state index contributed by atoms with van der Waals surface area (Å²) in [5, 5.41) is 10.8. The minimum atomic E-state index is -0.364. The summed E-state index contributed by atoms with van der Waals surface area (Å²) in [4.78, 5) is 19.2. The Morgan fingerprint density at radius 2 is 1.85 bits per heavy atom. The lowest BCUT2D eigenvalue weighted by atomic mass is 10.2. The lowest BCUT2D eigenvalue weighted by Crippen LogP contribution is -2.19. The molecule has 0 aliphatic carbocycles. The van der Waals surface area contributed by atoms with E-state index in [1.54, 1.807) is 25.3 Å². The molecule has 3 aromatic rings. The van der Waals surface area contributed by atoms with Crippen LogP contribution in [0.1, 0.15) is 29.0 Å². The molecule has 1 aromatic carbocycles. The van der Waals surface area contributed by atoms with Crippen LogP contribution in [0, 0.1) is 12.7 Å². The zero-order valence-corrected chi connectivity index (χ0v) is 14.9. The van der Waals surface area contributed by atoms with E-state index in [9.17, 15) is 9.18 Å². The van der Waals surface area contributed by atoms with E-state index >= 15 is 0 Å². The van der Waals surface area contributed by atoms with Gasteiger partial charge in [-0.3, -0.25) is 4.79 Å². The predicted molar refractivity (Wildman–Crippen MR) is 99.7 cm³/mol. The third kappa shape index (κ3) is 3.51. The topological polar surface area (TPSA) is 75.9 Å². The average molecular weight is 366 g/mol. The number of nitrogens with zero attached hydrogens (tertiary/aromatic N) is 5. The van der Waals surface area contributed by atoms with Crippen LogP contribution in [0.4, 0.5) is 15.9 Å². The van der Waals surface area contributed by atoms with Gasteiger partial charge in [0, 0.05) is 13.1 Å². The second-order valence-corrected chi connectivity index (χ2v) is 6.47. The minimum absolute atomic E-state index is 0.211. The van der Waals surface area contributed by atoms with Gasteiger partial charge >= 0.3 is 0 Å². The monoisotopic (exact) mass is 366 g/mol. The van der Waals surface area contributed by atoms with Gasteiger partial charge in [0.05, 0.1) is 23.3 Å². The normalized spacial score (nSPS) is 13.8. The van der Waals surface area contributed by atoms with Gasteiger partial charge in [-0.2, -0.15) is 0 Å². The van der Waals surface area contributed by atoms with E-state index in [2.05, 4.69) is 25.5 Å². The number of amides is 1. The summed E-state index contributed by atoms with van der Waals surface area (Å²) < 4.78 is 14.6. The van der Waals surface area contributed by atoms with Gasteiger partial charge in [0.1, 0.15) is 11.6 Å². The first-order valence-electron chi connectivity index (χ1n) is 8.82. The quantitative estimate of drug-likeness (QED) is 0.768. The highest BCUT2D eigenvalue weighted by atomic mass is 19.1. The number of anilines is 2. The third-order valence-corrected chi connectivity index (χ3v) is 4.62. The molecule has 0 saturated carbocycles. The number of rotatable bonds is 4. The van der Waals surface area contributed by atoms with E-state index in [4.69, 9.17) is 0 Å². The summed E-state index contributed by atoms with van der Waals surface area (Å²) in [6, 6.07) is 9.58. The highest BCUT2D eigenvalue weighted by Crippen LogP contribution is 2.20. The maximum absolute atomic E-state index is 13.1. The van der Waals surface area contributed by atoms with Crippen LogP contribution < -0.4 is 10.2 Å². The summed E-state index contributed by atoms with van der Waals surface area (Å²) >= 11 is 0. The molecule has 0 spiro atoms. The van der Waals surface area contributed by atoms with Crippen molar-refractivity contribution < 1.29 is 9.18 Å². The molecule has 7 nitrogen and oxygen atoms in total. The van der Waals surface area contributed by atoms with E-state index in [1.165, 1.54) is 29.7 Å². The highest BCUT2D eigenvalue weighted by Gasteiger charge is 2.18. The molecule has 0 atom stereocenters. The smallest absolute Gasteiger partial charge is 0.278 e. The van der Waals surface area contributed by atoms with Crippen LogP contribution in [-0.2, 0) is 0 Å². The van der Waals surface area contributed by atoms with Gasteiger partial charge in [-0.1, -0.05) is 5.21 Å². The van der Waals surface area contributed by atoms with E-state index in [0.29, 0.717) is 17.1 Å². The Morgan fingerprint density at radius 1 is 1.11 bits per heavy atom. The lowest BCUT2D eigenvalue weighted by molar-refractivity contribution is 0.102. The molecular formula is C19H19FN6O. The van der Waals surface area contributed by atoms with Gasteiger partial charge in [0.2, 0.25) is 0 Å². The van der Waals surface area contributed by atoms with Crippen molar-refractivity contribution in [1.82, 2.24) is 20.0 Å². The van der Waals surface area contributed by atoms with Crippen molar-refractivity contribution in [3.05, 3.63) is 59.8 Å². The van der Waals surface area contributed by atoms with Crippen LogP contribution in [0.25, 0.3) is 5.69 Å². The highest BCUT2D eigenvalue weighted by molar-refractivity contribution is 6.03. The van der Waals surface area contributed by atoms with Gasteiger partial charge in [0.25, 0.3) is 5.91 Å². The molecule has 8 heteroatoms. The molecule has 0 radical (unpaired) electrons. The van der Waals surface area contributed by atoms with Gasteiger partial charge < -0.3 is 10.2 Å². The van der Waals surface area contributed by atoms with Crippen molar-refractivity contribution in [3.63, 3.8) is 0 Å². The molecule has 3 heterocycles. The molecular weight excluding hydrogens is 347 g/mol. The number of benzene rings is 1. The summed E-state index contributed by atoms with van der Waals surface area (Å²) in [5.41, 5.74) is 2.01. The van der Waals surface area contributed by atoms with Gasteiger partial charge in [-0.25, -0.2) is 14.1 Å². The maximum atomic E-state index is 13.1. The van der Waals surface area contributed by atoms with E-state index in [0.717, 1.165) is 18.9 Å². The second-order valence-electron chi connectivity index (χ2n) is 6.47. The molecule has 2 aromatic heterocycles. The first-order chi connectivity index (χ1) is 13.1. The number of nitrogens with one attached hydrogen (secondary N) is 1. The second kappa shape index (κ2) is 7.14. The Kier molecular flexibility index (Phi) is 4.53. The Bertz CT molecular complexity index is 945. The zero-order valence-electron chi connectivity index (χ0n) is 14.9. The molecule has 1 aliphatic heterocycles. The Hall–Kier alpha value is -3.29. The Labute approximate surface area is 155 Å². The molecule has 1 N–H and O–H groups in total. The largest absolute Gasteiger partial charge is 0.357 e. The van der Waals surface area contributed by atoms with Crippen molar-refractivity contribution in [3.8, 4) is 5.69 Å². The molecule has 1 saturated heterocycles. The van der Waals surface area contributed by atoms with Crippen LogP contribution in [0.3, 0.4) is 0 Å². The first-order valence-corrected chi connectivity index (χ1v) is 8.82. The Balaban J connectivity index is 1.49. The van der Waals surface area contributed by atoms with Crippen LogP contribution in [0.2, 0.25) is 0 Å². The fourth-order valence-corrected chi connectivity index (χ4v) is 3.15. The molecule has 1 aliphatic rings. The fourth-order valence-electron chi connectivity index (χ4n) is 3.15. The summed E-state index contributed by atoms with van der Waals surface area (Å²) in [6.07, 6.45) is 4.01. The average Bonchev–Trinajstić information content (AvgIpc) is 3.33. The van der Waals surface area contributed by atoms with Crippen LogP contribution >= 0.6 is 0 Å². The SMILES string of the molecule is Cc1c(C(=O)Nc2ccc(N3CCCC3)nc2)nnn1-c1ccc(F)cc1. The number of hydrogen-bond donors (Lipinski definition) is 1. The van der Waals surface area contributed by atoms with E-state index in [-0.39, 0.29) is 17.4 Å². The summed E-state index contributed by atoms with van der Waals surface area (Å²) in [5.74, 6) is 0.222. The minimum Gasteiger partial charge on any atom is -0.357 e. The number of aromatic nitrogens is 4. The number of hydrogen-bond acceptors (Lipinski definition) is 5. The molecule has 0 unspecified atom stereocenters. The molecule has 27 heavy (non-hydrogen) atoms. The maximum Gasteiger partial charge on any atom is 0.278 e. The Morgan fingerprint density at radius 3 is 2.52 bits per heavy atom. The third-order valence-electron chi connectivity index (χ3n) is 4.62. The standard InChI is InChI=1S/C19H19FN6O/c1-13-18(23-24-26(13)16-7-4-14(20)5-8-16)19(27)22-15-6-9-17(21-12-15)25-10-2-3-11-25/h4-9,12H,2-3,10-11H2,1H3,(H,22,27). The molecule has 1 amide bonds. The number of carbonyl (C=O) groups is 1. The predicted octanol–water partition coefficient (Wildman–Crippen LogP) is 2.96. The van der Waals surface area contributed by atoms with E-state index < -0.39 is 0 Å². The van der Waals surface area contributed by atoms with Crippen molar-refractivity contribution in [1.29, 1.82) is 0 Å². The lowest BCUT2D eigenvalue weighted by Gasteiger charge is -2.16. The fraction of sp³-hybridized carbons (Fsp3) is 0.263. The van der Waals surface area contributed by atoms with Crippen molar-refractivity contribution >= 4 is 17.4 Å². The molecule has 4 rings (SSSR count). The van der Waals surface area contributed by atoms with E-state index in [1.807, 2.05) is 12.1 Å². The summed E-state index contributed by atoms with van der Waals surface area (Å²) in [7, 11) is 0. The van der Waals surface area contributed by atoms with Crippen molar-refractivity contribution in [2.24, 2.45) is 0 Å². The molecule has 1 fully saturated rings.